The third-order valence-corrected chi connectivity index (χ3v) is 3.82. The molecule has 7 heteroatoms. The molecule has 1 N–H and O–H groups in total. The van der Waals surface area contributed by atoms with E-state index < -0.39 is 17.8 Å². The van der Waals surface area contributed by atoms with Gasteiger partial charge in [-0.1, -0.05) is 0 Å². The predicted octanol–water partition coefficient (Wildman–Crippen LogP) is 3.36. The smallest absolute Gasteiger partial charge is 0.321 e. The van der Waals surface area contributed by atoms with Gasteiger partial charge in [0.15, 0.2) is 0 Å². The van der Waals surface area contributed by atoms with Gasteiger partial charge in [0.2, 0.25) is 5.82 Å². The molecule has 0 bridgehead atoms. The van der Waals surface area contributed by atoms with E-state index in [0.717, 1.165) is 24.8 Å². The number of amides is 2. The molecule has 116 valence electrons. The molecule has 22 heavy (non-hydrogen) atoms. The molecule has 5 nitrogen and oxygen atoms in total. The number of piperidine rings is 1. The maximum atomic E-state index is 13.5. The number of nitrogens with zero attached hydrogens (tertiary/aromatic N) is 2. The van der Waals surface area contributed by atoms with Gasteiger partial charge in [-0.3, -0.25) is 0 Å². The largest absolute Gasteiger partial charge is 0.469 e. The van der Waals surface area contributed by atoms with Crippen LogP contribution in [0, 0.1) is 11.8 Å². The van der Waals surface area contributed by atoms with Gasteiger partial charge < -0.3 is 14.6 Å². The lowest BCUT2D eigenvalue weighted by Gasteiger charge is -2.31. The zero-order valence-corrected chi connectivity index (χ0v) is 11.8. The number of hydrogen-bond acceptors (Lipinski definition) is 3. The molecule has 2 aromatic heterocycles. The van der Waals surface area contributed by atoms with Crippen molar-refractivity contribution in [2.45, 2.75) is 18.8 Å². The van der Waals surface area contributed by atoms with Gasteiger partial charge in [-0.2, -0.15) is 8.78 Å². The van der Waals surface area contributed by atoms with E-state index in [-0.39, 0.29) is 11.6 Å². The Morgan fingerprint density at radius 1 is 1.32 bits per heavy atom. The summed E-state index contributed by atoms with van der Waals surface area (Å²) in [6, 6.07) is 4.55. The van der Waals surface area contributed by atoms with Gasteiger partial charge >= 0.3 is 6.03 Å². The Labute approximate surface area is 125 Å². The molecule has 0 atom stereocenters. The zero-order chi connectivity index (χ0) is 15.5. The second-order valence-electron chi connectivity index (χ2n) is 5.17. The molecule has 0 radical (unpaired) electrons. The molecular weight excluding hydrogens is 292 g/mol. The minimum absolute atomic E-state index is 0.203. The molecule has 1 fully saturated rings. The Hall–Kier alpha value is -2.44. The number of pyridine rings is 1. The van der Waals surface area contributed by atoms with Gasteiger partial charge in [-0.15, -0.1) is 0 Å². The van der Waals surface area contributed by atoms with Gasteiger partial charge in [0.1, 0.15) is 5.76 Å². The molecule has 0 unspecified atom stereocenters. The zero-order valence-electron chi connectivity index (χ0n) is 11.8. The monoisotopic (exact) mass is 307 g/mol. The Bertz CT molecular complexity index is 653. The summed E-state index contributed by atoms with van der Waals surface area (Å²) in [7, 11) is 0. The van der Waals surface area contributed by atoms with Gasteiger partial charge in [-0.05, 0) is 31.0 Å². The highest BCUT2D eigenvalue weighted by Gasteiger charge is 2.26. The maximum absolute atomic E-state index is 13.5. The lowest BCUT2D eigenvalue weighted by Crippen LogP contribution is -2.40. The average Bonchev–Trinajstić information content (AvgIpc) is 3.06. The van der Waals surface area contributed by atoms with Crippen LogP contribution < -0.4 is 5.32 Å². The van der Waals surface area contributed by atoms with Gasteiger partial charge in [0, 0.05) is 25.2 Å². The van der Waals surface area contributed by atoms with Crippen molar-refractivity contribution in [2.75, 3.05) is 18.4 Å². The van der Waals surface area contributed by atoms with Crippen LogP contribution in [0.1, 0.15) is 24.5 Å². The first kappa shape index (κ1) is 14.5. The number of hydrogen-bond donors (Lipinski definition) is 1. The molecule has 0 spiro atoms. The Balaban J connectivity index is 1.59. The summed E-state index contributed by atoms with van der Waals surface area (Å²) < 4.78 is 31.9. The highest BCUT2D eigenvalue weighted by Crippen LogP contribution is 2.28. The lowest BCUT2D eigenvalue weighted by atomic mass is 9.94. The minimum atomic E-state index is -1.23. The minimum Gasteiger partial charge on any atom is -0.469 e. The van der Waals surface area contributed by atoms with Crippen LogP contribution in [0.2, 0.25) is 0 Å². The second kappa shape index (κ2) is 6.13. The number of nitrogens with one attached hydrogen (secondary N) is 1. The number of aromatic nitrogens is 1. The van der Waals surface area contributed by atoms with Crippen LogP contribution >= 0.6 is 0 Å². The van der Waals surface area contributed by atoms with Crippen molar-refractivity contribution in [1.82, 2.24) is 9.88 Å². The molecule has 2 aromatic rings. The summed E-state index contributed by atoms with van der Waals surface area (Å²) in [4.78, 5) is 16.9. The molecule has 1 aliphatic rings. The topological polar surface area (TPSA) is 58.4 Å². The number of anilines is 1. The van der Waals surface area contributed by atoms with Crippen molar-refractivity contribution in [1.29, 1.82) is 0 Å². The van der Waals surface area contributed by atoms with E-state index >= 15 is 0 Å². The summed E-state index contributed by atoms with van der Waals surface area (Å²) in [5.41, 5.74) is -0.203. The summed E-state index contributed by atoms with van der Waals surface area (Å²) in [6.07, 6.45) is 4.29. The average molecular weight is 307 g/mol. The van der Waals surface area contributed by atoms with Crippen LogP contribution in [0.15, 0.2) is 35.1 Å². The fourth-order valence-electron chi connectivity index (χ4n) is 2.60. The lowest BCUT2D eigenvalue weighted by molar-refractivity contribution is 0.190. The Kier molecular flexibility index (Phi) is 4.04. The van der Waals surface area contributed by atoms with Crippen LogP contribution in [0.4, 0.5) is 19.3 Å². The molecule has 1 aliphatic heterocycles. The van der Waals surface area contributed by atoms with E-state index in [4.69, 9.17) is 4.42 Å². The second-order valence-corrected chi connectivity index (χ2v) is 5.17. The third-order valence-electron chi connectivity index (χ3n) is 3.82. The van der Waals surface area contributed by atoms with Crippen LogP contribution in [-0.2, 0) is 0 Å². The molecular formula is C15H15F2N3O2. The summed E-state index contributed by atoms with van der Waals surface area (Å²) in [5, 5.41) is 2.38. The van der Waals surface area contributed by atoms with E-state index in [9.17, 15) is 13.6 Å². The van der Waals surface area contributed by atoms with Crippen LogP contribution in [-0.4, -0.2) is 29.0 Å². The summed E-state index contributed by atoms with van der Waals surface area (Å²) >= 11 is 0. The molecule has 0 aliphatic carbocycles. The van der Waals surface area contributed by atoms with Gasteiger partial charge in [-0.25, -0.2) is 9.78 Å². The van der Waals surface area contributed by atoms with E-state index in [1.54, 1.807) is 11.2 Å². The van der Waals surface area contributed by atoms with Crippen molar-refractivity contribution < 1.29 is 18.0 Å². The number of carbonyl (C=O) groups is 1. The molecule has 0 saturated carbocycles. The standard InChI is InChI=1S/C15H15F2N3O2/c16-13-11(3-6-18-14(13)17)19-15(21)20-7-4-10(5-8-20)12-2-1-9-22-12/h1-3,6,9-10H,4-5,7-8H2,(H,18,19,21). The SMILES string of the molecule is O=C(Nc1ccnc(F)c1F)N1CCC(c2ccco2)CC1. The normalized spacial score (nSPS) is 15.8. The molecule has 2 amide bonds. The Morgan fingerprint density at radius 3 is 2.77 bits per heavy atom. The Morgan fingerprint density at radius 2 is 2.09 bits per heavy atom. The fourth-order valence-corrected chi connectivity index (χ4v) is 2.60. The number of carbonyl (C=O) groups excluding carboxylic acids is 1. The number of likely N-dealkylation sites (tertiary alicyclic amines) is 1. The van der Waals surface area contributed by atoms with Crippen molar-refractivity contribution >= 4 is 11.7 Å². The first-order valence-electron chi connectivity index (χ1n) is 7.04. The quantitative estimate of drug-likeness (QED) is 0.865. The van der Waals surface area contributed by atoms with Crippen molar-refractivity contribution in [2.24, 2.45) is 0 Å². The number of rotatable bonds is 2. The number of halogens is 2. The molecule has 3 heterocycles. The van der Waals surface area contributed by atoms with Crippen molar-refractivity contribution in [3.8, 4) is 0 Å². The first-order valence-corrected chi connectivity index (χ1v) is 7.04. The van der Waals surface area contributed by atoms with Crippen LogP contribution in [0.3, 0.4) is 0 Å². The number of urea groups is 1. The van der Waals surface area contributed by atoms with Crippen molar-refractivity contribution in [3.63, 3.8) is 0 Å². The number of furan rings is 1. The van der Waals surface area contributed by atoms with E-state index in [1.807, 2.05) is 12.1 Å². The molecule has 0 aromatic carbocycles. The van der Waals surface area contributed by atoms with Crippen LogP contribution in [0.5, 0.6) is 0 Å². The predicted molar refractivity (Wildman–Crippen MR) is 75.4 cm³/mol. The van der Waals surface area contributed by atoms with Crippen molar-refractivity contribution in [3.05, 3.63) is 48.2 Å². The van der Waals surface area contributed by atoms with Gasteiger partial charge in [0.25, 0.3) is 5.95 Å². The highest BCUT2D eigenvalue weighted by atomic mass is 19.2. The van der Waals surface area contributed by atoms with Gasteiger partial charge in [0.05, 0.1) is 12.0 Å². The highest BCUT2D eigenvalue weighted by molar-refractivity contribution is 5.89. The first-order chi connectivity index (χ1) is 10.6. The molecule has 3 rings (SSSR count). The van der Waals surface area contributed by atoms with E-state index in [1.165, 1.54) is 6.07 Å². The summed E-state index contributed by atoms with van der Waals surface area (Å²) in [5.74, 6) is -1.17. The van der Waals surface area contributed by atoms with E-state index in [2.05, 4.69) is 10.3 Å². The maximum Gasteiger partial charge on any atom is 0.321 e. The summed E-state index contributed by atoms with van der Waals surface area (Å²) in [6.45, 7) is 1.07. The molecule has 1 saturated heterocycles. The van der Waals surface area contributed by atoms with Crippen LogP contribution in [0.25, 0.3) is 0 Å². The fraction of sp³-hybridized carbons (Fsp3) is 0.333. The van der Waals surface area contributed by atoms with E-state index in [0.29, 0.717) is 13.1 Å². The third kappa shape index (κ3) is 2.93.